The molecular weight excluding hydrogens is 212 g/mol. The van der Waals surface area contributed by atoms with Crippen molar-refractivity contribution >= 4 is 0 Å². The molecule has 0 saturated carbocycles. The highest BCUT2D eigenvalue weighted by Crippen LogP contribution is 2.17. The lowest BCUT2D eigenvalue weighted by Gasteiger charge is -2.13. The second kappa shape index (κ2) is 9.86. The minimum Gasteiger partial charge on any atom is -0.372 e. The Morgan fingerprint density at radius 3 is 2.47 bits per heavy atom. The zero-order chi connectivity index (χ0) is 12.3. The molecule has 0 spiro atoms. The van der Waals surface area contributed by atoms with Gasteiger partial charge in [-0.25, -0.2) is 0 Å². The van der Waals surface area contributed by atoms with Gasteiger partial charge in [0.05, 0.1) is 12.2 Å². The number of rotatable bonds is 10. The molecule has 2 unspecified atom stereocenters. The molecule has 1 saturated heterocycles. The van der Waals surface area contributed by atoms with E-state index >= 15 is 0 Å². The fourth-order valence-corrected chi connectivity index (χ4v) is 2.40. The quantitative estimate of drug-likeness (QED) is 0.578. The Morgan fingerprint density at radius 1 is 1.06 bits per heavy atom. The molecule has 17 heavy (non-hydrogen) atoms. The molecule has 102 valence electrons. The van der Waals surface area contributed by atoms with E-state index in [1.165, 1.54) is 44.9 Å². The maximum Gasteiger partial charge on any atom is 0.0704 e. The summed E-state index contributed by atoms with van der Waals surface area (Å²) in [6.45, 7) is 5.08. The number of unbranched alkanes of at least 4 members (excludes halogenated alkanes) is 5. The molecule has 2 atom stereocenters. The van der Waals surface area contributed by atoms with Crippen LogP contribution in [0.2, 0.25) is 0 Å². The van der Waals surface area contributed by atoms with Crippen LogP contribution in [0.15, 0.2) is 0 Å². The molecule has 1 aliphatic rings. The first-order chi connectivity index (χ1) is 8.36. The first-order valence-electron chi connectivity index (χ1n) is 7.43. The molecule has 3 N–H and O–H groups in total. The Kier molecular flexibility index (Phi) is 8.67. The molecule has 0 aromatic rings. The molecule has 3 nitrogen and oxygen atoms in total. The highest BCUT2D eigenvalue weighted by molar-refractivity contribution is 4.75. The highest BCUT2D eigenvalue weighted by atomic mass is 16.5. The van der Waals surface area contributed by atoms with E-state index in [1.807, 2.05) is 0 Å². The monoisotopic (exact) mass is 242 g/mol. The third-order valence-corrected chi connectivity index (χ3v) is 3.54. The summed E-state index contributed by atoms with van der Waals surface area (Å²) in [7, 11) is 0. The number of hydrogen-bond donors (Lipinski definition) is 2. The lowest BCUT2D eigenvalue weighted by molar-refractivity contribution is 0.0506. The fourth-order valence-electron chi connectivity index (χ4n) is 2.40. The fraction of sp³-hybridized carbons (Fsp3) is 1.00. The molecule has 1 aliphatic heterocycles. The van der Waals surface area contributed by atoms with Gasteiger partial charge in [-0.1, -0.05) is 39.0 Å². The molecule has 0 bridgehead atoms. The standard InChI is InChI=1S/C14H30N2O/c1-2-3-4-5-6-7-10-16-12-14-9-8-13(11-15)17-14/h13-14,16H,2-12,15H2,1H3. The van der Waals surface area contributed by atoms with Gasteiger partial charge in [0.15, 0.2) is 0 Å². The Hall–Kier alpha value is -0.120. The van der Waals surface area contributed by atoms with Gasteiger partial charge in [0, 0.05) is 13.1 Å². The zero-order valence-corrected chi connectivity index (χ0v) is 11.4. The van der Waals surface area contributed by atoms with Crippen molar-refractivity contribution in [1.82, 2.24) is 5.32 Å². The maximum atomic E-state index is 5.78. The van der Waals surface area contributed by atoms with Gasteiger partial charge in [-0.2, -0.15) is 0 Å². The van der Waals surface area contributed by atoms with Gasteiger partial charge in [0.1, 0.15) is 0 Å². The van der Waals surface area contributed by atoms with Gasteiger partial charge in [-0.3, -0.25) is 0 Å². The molecular formula is C14H30N2O. The van der Waals surface area contributed by atoms with E-state index in [9.17, 15) is 0 Å². The van der Waals surface area contributed by atoms with Crippen molar-refractivity contribution in [2.45, 2.75) is 70.5 Å². The molecule has 0 amide bonds. The van der Waals surface area contributed by atoms with Gasteiger partial charge < -0.3 is 15.8 Å². The number of ether oxygens (including phenoxy) is 1. The summed E-state index contributed by atoms with van der Waals surface area (Å²) in [6, 6.07) is 0. The summed E-state index contributed by atoms with van der Waals surface area (Å²) >= 11 is 0. The molecule has 0 aromatic carbocycles. The Bertz CT molecular complexity index is 176. The van der Waals surface area contributed by atoms with Crippen molar-refractivity contribution in [3.63, 3.8) is 0 Å². The van der Waals surface area contributed by atoms with E-state index in [0.29, 0.717) is 18.8 Å². The molecule has 0 aromatic heterocycles. The van der Waals surface area contributed by atoms with Crippen LogP contribution in [0.1, 0.15) is 58.3 Å². The summed E-state index contributed by atoms with van der Waals surface area (Å²) in [4.78, 5) is 0. The van der Waals surface area contributed by atoms with Crippen LogP contribution in [0, 0.1) is 0 Å². The normalized spacial score (nSPS) is 24.4. The Labute approximate surface area is 106 Å². The van der Waals surface area contributed by atoms with Crippen molar-refractivity contribution in [3.05, 3.63) is 0 Å². The van der Waals surface area contributed by atoms with E-state index in [-0.39, 0.29) is 0 Å². The van der Waals surface area contributed by atoms with E-state index < -0.39 is 0 Å². The van der Waals surface area contributed by atoms with Crippen LogP contribution in [0.3, 0.4) is 0 Å². The van der Waals surface area contributed by atoms with Gasteiger partial charge in [0.25, 0.3) is 0 Å². The number of hydrogen-bond acceptors (Lipinski definition) is 3. The SMILES string of the molecule is CCCCCCCCNCC1CCC(CN)O1. The number of nitrogens with one attached hydrogen (secondary N) is 1. The molecule has 1 fully saturated rings. The second-order valence-corrected chi connectivity index (χ2v) is 5.17. The zero-order valence-electron chi connectivity index (χ0n) is 11.4. The largest absolute Gasteiger partial charge is 0.372 e. The van der Waals surface area contributed by atoms with Crippen molar-refractivity contribution in [2.24, 2.45) is 5.73 Å². The van der Waals surface area contributed by atoms with E-state index in [0.717, 1.165) is 19.5 Å². The van der Waals surface area contributed by atoms with Crippen LogP contribution in [0.5, 0.6) is 0 Å². The Morgan fingerprint density at radius 2 is 1.76 bits per heavy atom. The van der Waals surface area contributed by atoms with Crippen molar-refractivity contribution < 1.29 is 4.74 Å². The smallest absolute Gasteiger partial charge is 0.0704 e. The predicted molar refractivity (Wildman–Crippen MR) is 73.2 cm³/mol. The second-order valence-electron chi connectivity index (χ2n) is 5.17. The van der Waals surface area contributed by atoms with Crippen LogP contribution >= 0.6 is 0 Å². The highest BCUT2D eigenvalue weighted by Gasteiger charge is 2.23. The third kappa shape index (κ3) is 7.02. The van der Waals surface area contributed by atoms with E-state index in [4.69, 9.17) is 10.5 Å². The topological polar surface area (TPSA) is 47.3 Å². The van der Waals surface area contributed by atoms with Crippen LogP contribution in [0.25, 0.3) is 0 Å². The van der Waals surface area contributed by atoms with E-state index in [2.05, 4.69) is 12.2 Å². The van der Waals surface area contributed by atoms with Gasteiger partial charge >= 0.3 is 0 Å². The van der Waals surface area contributed by atoms with Crippen LogP contribution in [-0.2, 0) is 4.74 Å². The summed E-state index contributed by atoms with van der Waals surface area (Å²) < 4.78 is 5.78. The minimum atomic E-state index is 0.316. The molecule has 0 aliphatic carbocycles. The summed E-state index contributed by atoms with van der Waals surface area (Å²) in [5.41, 5.74) is 5.58. The van der Waals surface area contributed by atoms with Gasteiger partial charge in [-0.05, 0) is 25.8 Å². The van der Waals surface area contributed by atoms with Gasteiger partial charge in [-0.15, -0.1) is 0 Å². The third-order valence-electron chi connectivity index (χ3n) is 3.54. The average Bonchev–Trinajstić information content (AvgIpc) is 2.80. The van der Waals surface area contributed by atoms with E-state index in [1.54, 1.807) is 0 Å². The predicted octanol–water partition coefficient (Wildman–Crippen LogP) is 2.44. The van der Waals surface area contributed by atoms with Crippen LogP contribution < -0.4 is 11.1 Å². The lowest BCUT2D eigenvalue weighted by Crippen LogP contribution is -2.29. The van der Waals surface area contributed by atoms with Crippen LogP contribution in [-0.4, -0.2) is 31.8 Å². The Balaban J connectivity index is 1.81. The minimum absolute atomic E-state index is 0.316. The summed E-state index contributed by atoms with van der Waals surface area (Å²) in [6.07, 6.45) is 11.2. The van der Waals surface area contributed by atoms with Crippen molar-refractivity contribution in [3.8, 4) is 0 Å². The molecule has 0 radical (unpaired) electrons. The first kappa shape index (κ1) is 14.9. The average molecular weight is 242 g/mol. The van der Waals surface area contributed by atoms with Gasteiger partial charge in [0.2, 0.25) is 0 Å². The van der Waals surface area contributed by atoms with Crippen LogP contribution in [0.4, 0.5) is 0 Å². The van der Waals surface area contributed by atoms with Crippen molar-refractivity contribution in [1.29, 1.82) is 0 Å². The molecule has 1 rings (SSSR count). The maximum absolute atomic E-state index is 5.78. The summed E-state index contributed by atoms with van der Waals surface area (Å²) in [5.74, 6) is 0. The summed E-state index contributed by atoms with van der Waals surface area (Å²) in [5, 5.41) is 3.50. The molecule has 1 heterocycles. The molecule has 3 heteroatoms. The number of nitrogens with two attached hydrogens (primary N) is 1. The first-order valence-corrected chi connectivity index (χ1v) is 7.43. The lowest BCUT2D eigenvalue weighted by atomic mass is 10.1. The van der Waals surface area contributed by atoms with Crippen molar-refractivity contribution in [2.75, 3.05) is 19.6 Å².